The summed E-state index contributed by atoms with van der Waals surface area (Å²) in [6.45, 7) is 4.10. The number of aromatic hydroxyl groups is 1. The number of benzene rings is 1. The van der Waals surface area contributed by atoms with Gasteiger partial charge in [0.05, 0.1) is 12.7 Å². The number of aromatic nitrogens is 1. The van der Waals surface area contributed by atoms with Gasteiger partial charge >= 0.3 is 0 Å². The number of pyridine rings is 1. The third-order valence-electron chi connectivity index (χ3n) is 6.20. The van der Waals surface area contributed by atoms with Crippen molar-refractivity contribution in [3.63, 3.8) is 0 Å². The molecule has 1 amide bonds. The van der Waals surface area contributed by atoms with Gasteiger partial charge in [0.15, 0.2) is 0 Å². The summed E-state index contributed by atoms with van der Waals surface area (Å²) < 4.78 is 6.16. The van der Waals surface area contributed by atoms with E-state index in [-0.39, 0.29) is 23.2 Å². The van der Waals surface area contributed by atoms with Gasteiger partial charge in [0.2, 0.25) is 0 Å². The number of hydrogen-bond acceptors (Lipinski definition) is 5. The Balaban J connectivity index is 1.27. The van der Waals surface area contributed by atoms with Gasteiger partial charge in [-0.1, -0.05) is 6.07 Å². The molecule has 2 aliphatic heterocycles. The molecule has 1 atom stereocenters. The lowest BCUT2D eigenvalue weighted by molar-refractivity contribution is 0.0457. The minimum absolute atomic E-state index is 0.0477. The molecule has 2 aromatic rings. The van der Waals surface area contributed by atoms with Crippen LogP contribution < -0.4 is 0 Å². The molecule has 0 aliphatic carbocycles. The lowest BCUT2D eigenvalue weighted by Gasteiger charge is -2.38. The number of piperidine rings is 1. The third-order valence-corrected chi connectivity index (χ3v) is 6.20. The van der Waals surface area contributed by atoms with E-state index in [1.165, 1.54) is 5.56 Å². The summed E-state index contributed by atoms with van der Waals surface area (Å²) in [5.74, 6) is 0.230. The van der Waals surface area contributed by atoms with E-state index in [2.05, 4.69) is 23.0 Å². The van der Waals surface area contributed by atoms with Gasteiger partial charge < -0.3 is 14.7 Å². The largest absolute Gasteiger partial charge is 0.508 e. The second kappa shape index (κ2) is 8.51. The Morgan fingerprint density at radius 1 is 1.28 bits per heavy atom. The first-order valence-electron chi connectivity index (χ1n) is 10.3. The zero-order chi connectivity index (χ0) is 20.3. The molecule has 1 unspecified atom stereocenters. The van der Waals surface area contributed by atoms with Crippen molar-refractivity contribution >= 4 is 5.91 Å². The van der Waals surface area contributed by atoms with Crippen LogP contribution in [-0.4, -0.2) is 65.2 Å². The molecule has 4 rings (SSSR count). The van der Waals surface area contributed by atoms with Crippen LogP contribution in [0.5, 0.6) is 5.75 Å². The molecular weight excluding hydrogens is 366 g/mol. The van der Waals surface area contributed by atoms with Gasteiger partial charge in [0.25, 0.3) is 5.91 Å². The monoisotopic (exact) mass is 395 g/mol. The predicted molar refractivity (Wildman–Crippen MR) is 111 cm³/mol. The molecule has 29 heavy (non-hydrogen) atoms. The quantitative estimate of drug-likeness (QED) is 0.843. The van der Waals surface area contributed by atoms with Crippen LogP contribution in [-0.2, 0) is 11.3 Å². The average Bonchev–Trinajstić information content (AvgIpc) is 3.11. The average molecular weight is 396 g/mol. The molecule has 0 radical (unpaired) electrons. The first kappa shape index (κ1) is 19.9. The van der Waals surface area contributed by atoms with E-state index in [9.17, 15) is 9.90 Å². The van der Waals surface area contributed by atoms with Gasteiger partial charge in [0.1, 0.15) is 5.75 Å². The number of nitrogens with zero attached hydrogens (tertiary/aromatic N) is 3. The lowest BCUT2D eigenvalue weighted by Crippen LogP contribution is -2.43. The van der Waals surface area contributed by atoms with Crippen molar-refractivity contribution in [3.05, 3.63) is 59.9 Å². The second-order valence-corrected chi connectivity index (χ2v) is 8.53. The van der Waals surface area contributed by atoms with E-state index in [1.54, 1.807) is 30.5 Å². The first-order valence-corrected chi connectivity index (χ1v) is 10.3. The fraction of sp³-hybridized carbons (Fsp3) is 0.478. The Bertz CT molecular complexity index is 817. The molecule has 0 bridgehead atoms. The molecule has 1 aromatic carbocycles. The van der Waals surface area contributed by atoms with Crippen LogP contribution in [0, 0.1) is 5.41 Å². The minimum Gasteiger partial charge on any atom is -0.508 e. The van der Waals surface area contributed by atoms with Gasteiger partial charge in [-0.2, -0.15) is 0 Å². The van der Waals surface area contributed by atoms with E-state index >= 15 is 0 Å². The topological polar surface area (TPSA) is 65.9 Å². The number of phenols is 1. The maximum Gasteiger partial charge on any atom is 0.253 e. The molecule has 2 aliphatic rings. The van der Waals surface area contributed by atoms with Crippen molar-refractivity contribution in [3.8, 4) is 5.75 Å². The molecule has 1 N–H and O–H groups in total. The Kier molecular flexibility index (Phi) is 5.83. The van der Waals surface area contributed by atoms with E-state index in [0.717, 1.165) is 52.0 Å². The molecule has 1 aromatic heterocycles. The normalized spacial score (nSPS) is 21.0. The molecular formula is C23H29N3O3. The number of carbonyl (C=O) groups excluding carboxylic acids is 1. The number of rotatable bonds is 5. The van der Waals surface area contributed by atoms with Gasteiger partial charge in [-0.3, -0.25) is 14.7 Å². The Morgan fingerprint density at radius 2 is 2.03 bits per heavy atom. The van der Waals surface area contributed by atoms with E-state index in [0.29, 0.717) is 5.56 Å². The summed E-state index contributed by atoms with van der Waals surface area (Å²) in [5.41, 5.74) is 2.05. The smallest absolute Gasteiger partial charge is 0.253 e. The van der Waals surface area contributed by atoms with E-state index in [1.807, 2.05) is 17.2 Å². The lowest BCUT2D eigenvalue weighted by atomic mass is 9.76. The first-order chi connectivity index (χ1) is 14.0. The van der Waals surface area contributed by atoms with Crippen LogP contribution in [0.3, 0.4) is 0 Å². The number of hydrogen-bond donors (Lipinski definition) is 1. The molecule has 2 fully saturated rings. The molecule has 3 heterocycles. The second-order valence-electron chi connectivity index (χ2n) is 8.53. The number of ether oxygens (including phenoxy) is 1. The van der Waals surface area contributed by atoms with Crippen molar-refractivity contribution < 1.29 is 14.6 Å². The third kappa shape index (κ3) is 4.77. The van der Waals surface area contributed by atoms with Gasteiger partial charge in [-0.05, 0) is 67.6 Å². The summed E-state index contributed by atoms with van der Waals surface area (Å²) in [4.78, 5) is 21.1. The molecule has 154 valence electrons. The maximum atomic E-state index is 12.7. The number of carbonyl (C=O) groups is 1. The van der Waals surface area contributed by atoms with Crippen LogP contribution in [0.1, 0.15) is 35.2 Å². The number of phenolic OH excluding ortho intramolecular Hbond substituents is 1. The van der Waals surface area contributed by atoms with Gasteiger partial charge in [0, 0.05) is 44.1 Å². The van der Waals surface area contributed by atoms with Crippen molar-refractivity contribution in [2.45, 2.75) is 31.9 Å². The zero-order valence-electron chi connectivity index (χ0n) is 17.0. The summed E-state index contributed by atoms with van der Waals surface area (Å²) in [6.07, 6.45) is 6.99. The molecule has 0 saturated carbocycles. The molecule has 6 heteroatoms. The highest BCUT2D eigenvalue weighted by Crippen LogP contribution is 2.42. The fourth-order valence-electron chi connectivity index (χ4n) is 4.55. The fourth-order valence-corrected chi connectivity index (χ4v) is 4.55. The van der Waals surface area contributed by atoms with Crippen LogP contribution in [0.25, 0.3) is 0 Å². The Hall–Kier alpha value is -2.44. The highest BCUT2D eigenvalue weighted by molar-refractivity contribution is 5.94. The summed E-state index contributed by atoms with van der Waals surface area (Å²) in [5, 5.41) is 9.41. The molecule has 1 spiro atoms. The Labute approximate surface area is 172 Å². The molecule has 6 nitrogen and oxygen atoms in total. The summed E-state index contributed by atoms with van der Waals surface area (Å²) in [7, 11) is 2.13. The number of likely N-dealkylation sites (N-methyl/N-ethyl adjacent to an activating group) is 1. The number of likely N-dealkylation sites (tertiary alicyclic amines) is 1. The van der Waals surface area contributed by atoms with Crippen molar-refractivity contribution in [2.75, 3.05) is 33.3 Å². The highest BCUT2D eigenvalue weighted by atomic mass is 16.5. The Morgan fingerprint density at radius 3 is 2.72 bits per heavy atom. The van der Waals surface area contributed by atoms with E-state index in [4.69, 9.17) is 4.74 Å². The number of amides is 1. The summed E-state index contributed by atoms with van der Waals surface area (Å²) >= 11 is 0. The van der Waals surface area contributed by atoms with Crippen molar-refractivity contribution in [1.29, 1.82) is 0 Å². The summed E-state index contributed by atoms with van der Waals surface area (Å²) in [6, 6.07) is 10.6. The van der Waals surface area contributed by atoms with Crippen LogP contribution in [0.4, 0.5) is 0 Å². The molecule has 2 saturated heterocycles. The van der Waals surface area contributed by atoms with Crippen molar-refractivity contribution in [2.24, 2.45) is 5.41 Å². The van der Waals surface area contributed by atoms with Gasteiger partial charge in [-0.15, -0.1) is 0 Å². The standard InChI is InChI=1S/C23H29N3O3/c1-25(15-18-3-2-10-24-14-18)16-21-13-23(17-29-21)8-11-26(12-9-23)22(28)19-4-6-20(27)7-5-19/h2-7,10,14,21,27H,8-9,11-13,15-17H2,1H3. The van der Waals surface area contributed by atoms with Crippen LogP contribution in [0.15, 0.2) is 48.8 Å². The van der Waals surface area contributed by atoms with E-state index < -0.39 is 0 Å². The van der Waals surface area contributed by atoms with Crippen molar-refractivity contribution in [1.82, 2.24) is 14.8 Å². The SMILES string of the molecule is CN(Cc1cccnc1)CC1CC2(CCN(C(=O)c3ccc(O)cc3)CC2)CO1. The maximum absolute atomic E-state index is 12.7. The zero-order valence-corrected chi connectivity index (χ0v) is 17.0. The minimum atomic E-state index is 0.0477. The highest BCUT2D eigenvalue weighted by Gasteiger charge is 2.43. The predicted octanol–water partition coefficient (Wildman–Crippen LogP) is 2.93. The van der Waals surface area contributed by atoms with Gasteiger partial charge in [-0.25, -0.2) is 0 Å². The van der Waals surface area contributed by atoms with Crippen LogP contribution >= 0.6 is 0 Å². The van der Waals surface area contributed by atoms with Crippen LogP contribution in [0.2, 0.25) is 0 Å².